The third-order valence-electron chi connectivity index (χ3n) is 3.75. The van der Waals surface area contributed by atoms with Crippen molar-refractivity contribution in [3.8, 4) is 0 Å². The van der Waals surface area contributed by atoms with Crippen LogP contribution in [-0.4, -0.2) is 31.1 Å². The summed E-state index contributed by atoms with van der Waals surface area (Å²) in [5, 5.41) is 3.35. The molecule has 1 aromatic rings. The Hall–Kier alpha value is -0.610. The number of hydrogen-bond acceptors (Lipinski definition) is 2. The number of hydrogen-bond donors (Lipinski definition) is 1. The Kier molecular flexibility index (Phi) is 9.88. The molecule has 0 spiro atoms. The molecular weight excluding hydrogens is 310 g/mol. The number of halogens is 3. The predicted octanol–water partition coefficient (Wildman–Crippen LogP) is 3.89. The summed E-state index contributed by atoms with van der Waals surface area (Å²) in [5.41, 5.74) is 1.80. The highest BCUT2D eigenvalue weighted by atomic mass is 35.5. The highest BCUT2D eigenvalue weighted by Crippen LogP contribution is 2.28. The molecule has 5 heteroatoms. The normalized spacial score (nSPS) is 16.5. The number of nitrogens with one attached hydrogen (secondary N) is 1. The summed E-state index contributed by atoms with van der Waals surface area (Å²) < 4.78 is 14.2. The van der Waals surface area contributed by atoms with Crippen molar-refractivity contribution in [3.63, 3.8) is 0 Å². The lowest BCUT2D eigenvalue weighted by Gasteiger charge is -2.35. The molecule has 0 aliphatic carbocycles. The number of rotatable bonds is 5. The van der Waals surface area contributed by atoms with Gasteiger partial charge in [0, 0.05) is 37.8 Å². The minimum Gasteiger partial charge on any atom is -0.314 e. The minimum absolute atomic E-state index is 0. The Bertz CT molecular complexity index is 434. The largest absolute Gasteiger partial charge is 0.314 e. The van der Waals surface area contributed by atoms with E-state index in [2.05, 4.69) is 16.8 Å². The number of nitrogens with zero attached hydrogens (tertiary/aromatic N) is 1. The smallest absolute Gasteiger partial charge is 0.128 e. The topological polar surface area (TPSA) is 15.3 Å². The van der Waals surface area contributed by atoms with Crippen LogP contribution in [0.1, 0.15) is 30.0 Å². The molecule has 120 valence electrons. The van der Waals surface area contributed by atoms with E-state index in [0.717, 1.165) is 50.1 Å². The van der Waals surface area contributed by atoms with E-state index in [1.165, 1.54) is 0 Å². The maximum Gasteiger partial charge on any atom is 0.128 e. The van der Waals surface area contributed by atoms with E-state index in [9.17, 15) is 4.39 Å². The van der Waals surface area contributed by atoms with Gasteiger partial charge in [-0.25, -0.2) is 4.39 Å². The number of aryl methyl sites for hydroxylation is 1. The van der Waals surface area contributed by atoms with Gasteiger partial charge in [-0.1, -0.05) is 18.2 Å². The van der Waals surface area contributed by atoms with Crippen LogP contribution in [0.4, 0.5) is 4.39 Å². The quantitative estimate of drug-likeness (QED) is 0.822. The van der Waals surface area contributed by atoms with Crippen molar-refractivity contribution in [2.24, 2.45) is 0 Å². The zero-order valence-electron chi connectivity index (χ0n) is 12.5. The fraction of sp³-hybridized carbons (Fsp3) is 0.500. The van der Waals surface area contributed by atoms with Crippen molar-refractivity contribution in [2.75, 3.05) is 26.2 Å². The zero-order chi connectivity index (χ0) is 13.7. The van der Waals surface area contributed by atoms with Gasteiger partial charge in [0.25, 0.3) is 0 Å². The fourth-order valence-electron chi connectivity index (χ4n) is 2.71. The minimum atomic E-state index is -0.0763. The number of piperazine rings is 1. The molecule has 0 radical (unpaired) electrons. The Morgan fingerprint density at radius 1 is 1.33 bits per heavy atom. The van der Waals surface area contributed by atoms with E-state index in [-0.39, 0.29) is 36.7 Å². The summed E-state index contributed by atoms with van der Waals surface area (Å²) in [6, 6.07) is 5.75. The molecule has 1 aliphatic rings. The molecule has 0 unspecified atom stereocenters. The second-order valence-corrected chi connectivity index (χ2v) is 5.19. The Morgan fingerprint density at radius 2 is 2.00 bits per heavy atom. The van der Waals surface area contributed by atoms with Gasteiger partial charge in [-0.2, -0.15) is 0 Å². The van der Waals surface area contributed by atoms with Crippen LogP contribution in [0.25, 0.3) is 0 Å². The zero-order valence-corrected chi connectivity index (χ0v) is 14.1. The van der Waals surface area contributed by atoms with E-state index in [4.69, 9.17) is 0 Å². The van der Waals surface area contributed by atoms with E-state index in [1.807, 2.05) is 25.1 Å². The van der Waals surface area contributed by atoms with Crippen LogP contribution < -0.4 is 5.32 Å². The van der Waals surface area contributed by atoms with Crippen LogP contribution in [-0.2, 0) is 0 Å². The van der Waals surface area contributed by atoms with Crippen molar-refractivity contribution >= 4 is 24.8 Å². The molecule has 2 nitrogen and oxygen atoms in total. The molecule has 0 aromatic heterocycles. The third kappa shape index (κ3) is 5.59. The first-order chi connectivity index (χ1) is 9.22. The van der Waals surface area contributed by atoms with Crippen LogP contribution in [0.5, 0.6) is 0 Å². The highest BCUT2D eigenvalue weighted by Gasteiger charge is 2.23. The maximum atomic E-state index is 14.2. The Labute approximate surface area is 139 Å². The molecule has 1 atom stereocenters. The summed E-state index contributed by atoms with van der Waals surface area (Å²) >= 11 is 0. The van der Waals surface area contributed by atoms with Crippen LogP contribution in [0.15, 0.2) is 30.9 Å². The second-order valence-electron chi connectivity index (χ2n) is 5.19. The molecule has 1 fully saturated rings. The lowest BCUT2D eigenvalue weighted by molar-refractivity contribution is 0.163. The number of benzene rings is 1. The lowest BCUT2D eigenvalue weighted by atomic mass is 9.98. The first-order valence-electron chi connectivity index (χ1n) is 7.04. The average Bonchev–Trinajstić information content (AvgIpc) is 2.42. The molecule has 1 aliphatic heterocycles. The van der Waals surface area contributed by atoms with Crippen molar-refractivity contribution in [2.45, 2.75) is 25.8 Å². The molecule has 0 amide bonds. The summed E-state index contributed by atoms with van der Waals surface area (Å²) in [6.45, 7) is 9.64. The van der Waals surface area contributed by atoms with Crippen molar-refractivity contribution in [1.82, 2.24) is 10.2 Å². The molecule has 0 saturated carbocycles. The van der Waals surface area contributed by atoms with Crippen molar-refractivity contribution < 1.29 is 4.39 Å². The van der Waals surface area contributed by atoms with Gasteiger partial charge in [-0.05, 0) is 31.4 Å². The standard InChI is InChI=1S/C16H23FN2.2ClH/c1-3-4-5-16(19-10-8-18-9-11-19)14-7-6-13(2)12-15(14)17;;/h3,6-7,12,16,18H,1,4-5,8-11H2,2H3;2*1H/t16-;;/m0../s1. The van der Waals surface area contributed by atoms with Gasteiger partial charge in [-0.3, -0.25) is 4.90 Å². The van der Waals surface area contributed by atoms with Gasteiger partial charge >= 0.3 is 0 Å². The van der Waals surface area contributed by atoms with Gasteiger partial charge in [0.1, 0.15) is 5.82 Å². The van der Waals surface area contributed by atoms with Crippen molar-refractivity contribution in [1.29, 1.82) is 0 Å². The van der Waals surface area contributed by atoms with Gasteiger partial charge < -0.3 is 5.32 Å². The van der Waals surface area contributed by atoms with E-state index < -0.39 is 0 Å². The Balaban J connectivity index is 0.00000200. The van der Waals surface area contributed by atoms with Crippen molar-refractivity contribution in [3.05, 3.63) is 47.8 Å². The maximum absolute atomic E-state index is 14.2. The molecule has 21 heavy (non-hydrogen) atoms. The molecular formula is C16H25Cl2FN2. The first-order valence-corrected chi connectivity index (χ1v) is 7.04. The summed E-state index contributed by atoms with van der Waals surface area (Å²) in [4.78, 5) is 2.38. The van der Waals surface area contributed by atoms with E-state index in [0.29, 0.717) is 0 Å². The average molecular weight is 335 g/mol. The Morgan fingerprint density at radius 3 is 2.57 bits per heavy atom. The fourth-order valence-corrected chi connectivity index (χ4v) is 2.71. The van der Waals surface area contributed by atoms with Crippen LogP contribution >= 0.6 is 24.8 Å². The third-order valence-corrected chi connectivity index (χ3v) is 3.75. The molecule has 1 heterocycles. The monoisotopic (exact) mass is 334 g/mol. The highest BCUT2D eigenvalue weighted by molar-refractivity contribution is 5.85. The molecule has 1 saturated heterocycles. The molecule has 2 rings (SSSR count). The first kappa shape index (κ1) is 20.4. The summed E-state index contributed by atoms with van der Waals surface area (Å²) in [6.07, 6.45) is 3.77. The van der Waals surface area contributed by atoms with Crippen LogP contribution in [0.3, 0.4) is 0 Å². The van der Waals surface area contributed by atoms with Gasteiger partial charge in [0.05, 0.1) is 0 Å². The van der Waals surface area contributed by atoms with Crippen LogP contribution in [0.2, 0.25) is 0 Å². The predicted molar refractivity (Wildman–Crippen MR) is 92.2 cm³/mol. The molecule has 1 aromatic carbocycles. The van der Waals surface area contributed by atoms with Gasteiger partial charge in [0.2, 0.25) is 0 Å². The molecule has 0 bridgehead atoms. The summed E-state index contributed by atoms with van der Waals surface area (Å²) in [5.74, 6) is -0.0763. The van der Waals surface area contributed by atoms with E-state index in [1.54, 1.807) is 6.07 Å². The number of allylic oxidation sites excluding steroid dienone is 1. The van der Waals surface area contributed by atoms with E-state index >= 15 is 0 Å². The SMILES string of the molecule is C=CCC[C@@H](c1ccc(C)cc1F)N1CCNCC1.Cl.Cl. The van der Waals surface area contributed by atoms with Gasteiger partial charge in [-0.15, -0.1) is 31.4 Å². The van der Waals surface area contributed by atoms with Gasteiger partial charge in [0.15, 0.2) is 0 Å². The summed E-state index contributed by atoms with van der Waals surface area (Å²) in [7, 11) is 0. The second kappa shape index (κ2) is 10.2. The lowest BCUT2D eigenvalue weighted by Crippen LogP contribution is -2.45. The van der Waals surface area contributed by atoms with Crippen LogP contribution in [0, 0.1) is 12.7 Å². The molecule has 1 N–H and O–H groups in total.